The van der Waals surface area contributed by atoms with Crippen molar-refractivity contribution >= 4 is 0 Å². The SMILES string of the molecule is O[C@H]1[C@@H]2CCC[C@@H]1[C@]13CCCC[C@@]1(O3)[C@@H]2c1ccccc1. The summed E-state index contributed by atoms with van der Waals surface area (Å²) in [4.78, 5) is 0. The first-order valence-corrected chi connectivity index (χ1v) is 8.72. The van der Waals surface area contributed by atoms with E-state index in [1.807, 2.05) is 0 Å². The zero-order valence-corrected chi connectivity index (χ0v) is 12.5. The summed E-state index contributed by atoms with van der Waals surface area (Å²) in [7, 11) is 0. The molecular weight excluding hydrogens is 260 g/mol. The Balaban J connectivity index is 1.66. The summed E-state index contributed by atoms with van der Waals surface area (Å²) in [6.07, 6.45) is 8.38. The van der Waals surface area contributed by atoms with Gasteiger partial charge in [-0.3, -0.25) is 0 Å². The fourth-order valence-electron chi connectivity index (χ4n) is 6.27. The van der Waals surface area contributed by atoms with Gasteiger partial charge in [0.05, 0.1) is 6.10 Å². The lowest BCUT2D eigenvalue weighted by Gasteiger charge is -2.51. The van der Waals surface area contributed by atoms with E-state index in [-0.39, 0.29) is 17.3 Å². The predicted molar refractivity (Wildman–Crippen MR) is 81.0 cm³/mol. The van der Waals surface area contributed by atoms with E-state index in [9.17, 15) is 5.11 Å². The van der Waals surface area contributed by atoms with Crippen molar-refractivity contribution in [3.63, 3.8) is 0 Å². The number of aliphatic hydroxyl groups excluding tert-OH is 1. The highest BCUT2D eigenvalue weighted by Crippen LogP contribution is 2.74. The maximum atomic E-state index is 11.0. The Hall–Kier alpha value is -0.860. The van der Waals surface area contributed by atoms with Crippen LogP contribution in [0.5, 0.6) is 0 Å². The second-order valence-electron chi connectivity index (χ2n) is 7.67. The normalized spacial score (nSPS) is 50.9. The molecule has 2 bridgehead atoms. The topological polar surface area (TPSA) is 32.8 Å². The minimum Gasteiger partial charge on any atom is -0.392 e. The molecule has 6 atom stereocenters. The Bertz CT molecular complexity index is 556. The summed E-state index contributed by atoms with van der Waals surface area (Å²) in [5, 5.41) is 11.0. The molecule has 5 rings (SSSR count). The molecule has 1 heterocycles. The van der Waals surface area contributed by atoms with E-state index in [0.29, 0.717) is 17.8 Å². The molecule has 4 aliphatic rings. The average Bonchev–Trinajstić information content (AvgIpc) is 3.20. The summed E-state index contributed by atoms with van der Waals surface area (Å²) in [5.41, 5.74) is 1.47. The number of benzene rings is 1. The largest absolute Gasteiger partial charge is 0.392 e. The smallest absolute Gasteiger partial charge is 0.106 e. The molecule has 112 valence electrons. The molecule has 2 nitrogen and oxygen atoms in total. The lowest BCUT2D eigenvalue weighted by Crippen LogP contribution is -2.57. The van der Waals surface area contributed by atoms with Crippen molar-refractivity contribution in [3.05, 3.63) is 35.9 Å². The van der Waals surface area contributed by atoms with Crippen LogP contribution in [0.3, 0.4) is 0 Å². The Kier molecular flexibility index (Phi) is 2.48. The van der Waals surface area contributed by atoms with Crippen molar-refractivity contribution in [3.8, 4) is 0 Å². The molecule has 21 heavy (non-hydrogen) atoms. The molecule has 4 fully saturated rings. The van der Waals surface area contributed by atoms with E-state index in [4.69, 9.17) is 4.74 Å². The van der Waals surface area contributed by atoms with Crippen molar-refractivity contribution in [2.45, 2.75) is 68.2 Å². The lowest BCUT2D eigenvalue weighted by molar-refractivity contribution is -0.0557. The zero-order chi connectivity index (χ0) is 14.1. The third-order valence-electron chi connectivity index (χ3n) is 6.98. The molecule has 0 unspecified atom stereocenters. The number of hydrogen-bond donors (Lipinski definition) is 1. The Morgan fingerprint density at radius 2 is 1.71 bits per heavy atom. The molecule has 0 aromatic heterocycles. The minimum atomic E-state index is -0.155. The molecule has 3 saturated carbocycles. The highest BCUT2D eigenvalue weighted by Gasteiger charge is 2.81. The molecule has 1 N–H and O–H groups in total. The number of epoxide rings is 1. The van der Waals surface area contributed by atoms with E-state index in [0.717, 1.165) is 0 Å². The number of aliphatic hydroxyl groups is 1. The number of ether oxygens (including phenoxy) is 1. The lowest BCUT2D eigenvalue weighted by atomic mass is 9.51. The number of hydrogen-bond acceptors (Lipinski definition) is 2. The van der Waals surface area contributed by atoms with Gasteiger partial charge in [-0.25, -0.2) is 0 Å². The van der Waals surface area contributed by atoms with Crippen molar-refractivity contribution < 1.29 is 9.84 Å². The van der Waals surface area contributed by atoms with Crippen molar-refractivity contribution in [1.29, 1.82) is 0 Å². The molecule has 2 heteroatoms. The van der Waals surface area contributed by atoms with Gasteiger partial charge in [-0.2, -0.15) is 0 Å². The van der Waals surface area contributed by atoms with Crippen molar-refractivity contribution in [2.75, 3.05) is 0 Å². The average molecular weight is 284 g/mol. The first-order chi connectivity index (χ1) is 10.3. The maximum Gasteiger partial charge on any atom is 0.106 e. The van der Waals surface area contributed by atoms with Crippen LogP contribution in [0.2, 0.25) is 0 Å². The molecule has 1 aliphatic heterocycles. The Morgan fingerprint density at radius 3 is 2.52 bits per heavy atom. The van der Waals surface area contributed by atoms with Gasteiger partial charge in [-0.05, 0) is 37.2 Å². The molecule has 3 aliphatic carbocycles. The molecule has 0 amide bonds. The first kappa shape index (κ1) is 12.7. The number of fused-ring (bicyclic) bond motifs is 2. The van der Waals surface area contributed by atoms with Crippen LogP contribution in [-0.2, 0) is 4.74 Å². The summed E-state index contributed by atoms with van der Waals surface area (Å²) < 4.78 is 6.61. The van der Waals surface area contributed by atoms with E-state index in [2.05, 4.69) is 30.3 Å². The summed E-state index contributed by atoms with van der Waals surface area (Å²) in [6.45, 7) is 0. The molecule has 1 aromatic carbocycles. The Morgan fingerprint density at radius 1 is 0.952 bits per heavy atom. The molecule has 0 spiro atoms. The zero-order valence-electron chi connectivity index (χ0n) is 12.5. The summed E-state index contributed by atoms with van der Waals surface area (Å²) in [5.74, 6) is 1.21. The number of rotatable bonds is 1. The minimum absolute atomic E-state index is 0.0160. The van der Waals surface area contributed by atoms with Gasteiger partial charge in [0, 0.05) is 11.8 Å². The highest BCUT2D eigenvalue weighted by molar-refractivity contribution is 5.38. The third kappa shape index (κ3) is 1.41. The third-order valence-corrected chi connectivity index (χ3v) is 6.98. The van der Waals surface area contributed by atoms with Gasteiger partial charge in [-0.15, -0.1) is 0 Å². The quantitative estimate of drug-likeness (QED) is 0.799. The van der Waals surface area contributed by atoms with E-state index in [1.54, 1.807) is 0 Å². The fraction of sp³-hybridized carbons (Fsp3) is 0.684. The standard InChI is InChI=1S/C19H24O2/c20-17-14-9-6-10-15(17)18-11-4-5-12-19(18,21-18)16(14)13-7-2-1-3-8-13/h1-3,7-8,14-17,20H,4-6,9-12H2/t14-,15+,16-,17+,18-,19-/m1/s1. The monoisotopic (exact) mass is 284 g/mol. The van der Waals surface area contributed by atoms with Crippen LogP contribution in [0.4, 0.5) is 0 Å². The summed E-state index contributed by atoms with van der Waals surface area (Å²) >= 11 is 0. The van der Waals surface area contributed by atoms with E-state index < -0.39 is 0 Å². The molecule has 0 radical (unpaired) electrons. The maximum absolute atomic E-state index is 11.0. The first-order valence-electron chi connectivity index (χ1n) is 8.72. The van der Waals surface area contributed by atoms with Crippen LogP contribution in [0.25, 0.3) is 0 Å². The fourth-order valence-corrected chi connectivity index (χ4v) is 6.27. The van der Waals surface area contributed by atoms with E-state index in [1.165, 1.54) is 50.5 Å². The van der Waals surface area contributed by atoms with Crippen LogP contribution in [-0.4, -0.2) is 22.4 Å². The van der Waals surface area contributed by atoms with Crippen LogP contribution in [0, 0.1) is 11.8 Å². The van der Waals surface area contributed by atoms with Gasteiger partial charge in [0.15, 0.2) is 0 Å². The van der Waals surface area contributed by atoms with Crippen LogP contribution in [0.1, 0.15) is 56.4 Å². The van der Waals surface area contributed by atoms with Gasteiger partial charge in [0.25, 0.3) is 0 Å². The van der Waals surface area contributed by atoms with E-state index >= 15 is 0 Å². The highest BCUT2D eigenvalue weighted by atomic mass is 16.6. The molecular formula is C19H24O2. The molecule has 1 saturated heterocycles. The van der Waals surface area contributed by atoms with Gasteiger partial charge < -0.3 is 9.84 Å². The van der Waals surface area contributed by atoms with Gasteiger partial charge >= 0.3 is 0 Å². The molecule has 1 aromatic rings. The van der Waals surface area contributed by atoms with Gasteiger partial charge in [-0.1, -0.05) is 49.6 Å². The predicted octanol–water partition coefficient (Wildman–Crippen LogP) is 3.64. The summed E-state index contributed by atoms with van der Waals surface area (Å²) in [6, 6.07) is 10.9. The van der Waals surface area contributed by atoms with Crippen LogP contribution >= 0.6 is 0 Å². The van der Waals surface area contributed by atoms with Crippen LogP contribution in [0.15, 0.2) is 30.3 Å². The second kappa shape index (κ2) is 4.11. The van der Waals surface area contributed by atoms with Gasteiger partial charge in [0.1, 0.15) is 11.2 Å². The van der Waals surface area contributed by atoms with Crippen LogP contribution < -0.4 is 0 Å². The second-order valence-corrected chi connectivity index (χ2v) is 7.67. The van der Waals surface area contributed by atoms with Gasteiger partial charge in [0.2, 0.25) is 0 Å². The Labute approximate surface area is 126 Å². The van der Waals surface area contributed by atoms with Crippen molar-refractivity contribution in [1.82, 2.24) is 0 Å². The van der Waals surface area contributed by atoms with Crippen molar-refractivity contribution in [2.24, 2.45) is 11.8 Å².